The van der Waals surface area contributed by atoms with Crippen LogP contribution in [-0.4, -0.2) is 26.6 Å². The van der Waals surface area contributed by atoms with Gasteiger partial charge in [0.05, 0.1) is 30.3 Å². The first-order chi connectivity index (χ1) is 11.1. The second-order valence-corrected chi connectivity index (χ2v) is 6.39. The standard InChI is InChI=1S/C16H20N2O4S/c1-3-21-15-9-8-14(11-16(15)22-4-2)23(19,20)18-12-13-7-5-6-10-17-13/h5-11,18H,3-4,12H2,1-2H3. The number of sulfonamides is 1. The lowest BCUT2D eigenvalue weighted by atomic mass is 10.3. The third-order valence-electron chi connectivity index (χ3n) is 2.99. The summed E-state index contributed by atoms with van der Waals surface area (Å²) in [6.07, 6.45) is 1.62. The van der Waals surface area contributed by atoms with E-state index in [4.69, 9.17) is 9.47 Å². The molecule has 0 aliphatic carbocycles. The molecule has 0 radical (unpaired) electrons. The van der Waals surface area contributed by atoms with Crippen molar-refractivity contribution < 1.29 is 17.9 Å². The second-order valence-electron chi connectivity index (χ2n) is 4.62. The van der Waals surface area contributed by atoms with Crippen LogP contribution in [-0.2, 0) is 16.6 Å². The van der Waals surface area contributed by atoms with Crippen molar-refractivity contribution in [2.75, 3.05) is 13.2 Å². The van der Waals surface area contributed by atoms with E-state index in [0.29, 0.717) is 30.4 Å². The summed E-state index contributed by atoms with van der Waals surface area (Å²) in [7, 11) is -3.66. The first-order valence-electron chi connectivity index (χ1n) is 7.36. The first kappa shape index (κ1) is 17.2. The van der Waals surface area contributed by atoms with Gasteiger partial charge in [0.25, 0.3) is 0 Å². The molecular weight excluding hydrogens is 316 g/mol. The summed E-state index contributed by atoms with van der Waals surface area (Å²) in [4.78, 5) is 4.21. The summed E-state index contributed by atoms with van der Waals surface area (Å²) in [5, 5.41) is 0. The van der Waals surface area contributed by atoms with Gasteiger partial charge >= 0.3 is 0 Å². The predicted octanol–water partition coefficient (Wildman–Crippen LogP) is 2.36. The summed E-state index contributed by atoms with van der Waals surface area (Å²) < 4.78 is 38.2. The highest BCUT2D eigenvalue weighted by atomic mass is 32.2. The first-order valence-corrected chi connectivity index (χ1v) is 8.84. The average Bonchev–Trinajstić information content (AvgIpc) is 2.56. The maximum Gasteiger partial charge on any atom is 0.241 e. The number of rotatable bonds is 8. The van der Waals surface area contributed by atoms with Crippen molar-refractivity contribution in [2.45, 2.75) is 25.3 Å². The molecule has 0 bridgehead atoms. The lowest BCUT2D eigenvalue weighted by Crippen LogP contribution is -2.23. The zero-order chi connectivity index (χ0) is 16.7. The average molecular weight is 336 g/mol. The van der Waals surface area contributed by atoms with Crippen LogP contribution in [0.15, 0.2) is 47.5 Å². The highest BCUT2D eigenvalue weighted by Gasteiger charge is 2.17. The predicted molar refractivity (Wildman–Crippen MR) is 87.0 cm³/mol. The maximum absolute atomic E-state index is 12.4. The Balaban J connectivity index is 2.20. The number of hydrogen-bond acceptors (Lipinski definition) is 5. The van der Waals surface area contributed by atoms with Crippen molar-refractivity contribution in [1.82, 2.24) is 9.71 Å². The Kier molecular flexibility index (Phi) is 5.95. The Morgan fingerprint density at radius 2 is 1.78 bits per heavy atom. The van der Waals surface area contributed by atoms with Crippen LogP contribution in [0, 0.1) is 0 Å². The summed E-state index contributed by atoms with van der Waals surface area (Å²) in [6, 6.07) is 9.90. The fraction of sp³-hybridized carbons (Fsp3) is 0.312. The van der Waals surface area contributed by atoms with Crippen LogP contribution in [0.2, 0.25) is 0 Å². The molecule has 0 atom stereocenters. The molecule has 0 fully saturated rings. The molecule has 0 spiro atoms. The molecule has 2 aromatic rings. The minimum Gasteiger partial charge on any atom is -0.490 e. The summed E-state index contributed by atoms with van der Waals surface area (Å²) in [5.41, 5.74) is 0.645. The molecule has 23 heavy (non-hydrogen) atoms. The van der Waals surface area contributed by atoms with Gasteiger partial charge in [-0.25, -0.2) is 13.1 Å². The zero-order valence-electron chi connectivity index (χ0n) is 13.2. The van der Waals surface area contributed by atoms with Gasteiger partial charge in [-0.1, -0.05) is 6.07 Å². The third-order valence-corrected chi connectivity index (χ3v) is 4.39. The molecule has 0 saturated heterocycles. The molecule has 0 aliphatic rings. The van der Waals surface area contributed by atoms with Gasteiger partial charge in [-0.3, -0.25) is 4.98 Å². The van der Waals surface area contributed by atoms with Crippen LogP contribution in [0.4, 0.5) is 0 Å². The molecule has 1 aromatic carbocycles. The number of nitrogens with one attached hydrogen (secondary N) is 1. The fourth-order valence-corrected chi connectivity index (χ4v) is 2.97. The van der Waals surface area contributed by atoms with Gasteiger partial charge in [0.1, 0.15) is 0 Å². The molecule has 2 rings (SSSR count). The Hall–Kier alpha value is -2.12. The molecule has 6 nitrogen and oxygen atoms in total. The molecule has 0 aliphatic heterocycles. The number of hydrogen-bond donors (Lipinski definition) is 1. The van der Waals surface area contributed by atoms with Crippen molar-refractivity contribution in [3.05, 3.63) is 48.3 Å². The minimum atomic E-state index is -3.66. The lowest BCUT2D eigenvalue weighted by molar-refractivity contribution is 0.287. The Morgan fingerprint density at radius 1 is 1.04 bits per heavy atom. The SMILES string of the molecule is CCOc1ccc(S(=O)(=O)NCc2ccccn2)cc1OCC. The topological polar surface area (TPSA) is 77.5 Å². The van der Waals surface area contributed by atoms with E-state index in [1.165, 1.54) is 12.1 Å². The van der Waals surface area contributed by atoms with E-state index < -0.39 is 10.0 Å². The van der Waals surface area contributed by atoms with Gasteiger partial charge < -0.3 is 9.47 Å². The van der Waals surface area contributed by atoms with E-state index in [1.807, 2.05) is 13.8 Å². The van der Waals surface area contributed by atoms with Crippen molar-refractivity contribution in [3.63, 3.8) is 0 Å². The molecule has 124 valence electrons. The van der Waals surface area contributed by atoms with Crippen molar-refractivity contribution in [2.24, 2.45) is 0 Å². The van der Waals surface area contributed by atoms with E-state index in [-0.39, 0.29) is 11.4 Å². The number of benzene rings is 1. The van der Waals surface area contributed by atoms with E-state index in [2.05, 4.69) is 9.71 Å². The van der Waals surface area contributed by atoms with E-state index in [1.54, 1.807) is 30.5 Å². The van der Waals surface area contributed by atoms with Crippen molar-refractivity contribution in [1.29, 1.82) is 0 Å². The van der Waals surface area contributed by atoms with E-state index >= 15 is 0 Å². The van der Waals surface area contributed by atoms with Crippen molar-refractivity contribution in [3.8, 4) is 11.5 Å². The number of ether oxygens (including phenoxy) is 2. The van der Waals surface area contributed by atoms with E-state index in [0.717, 1.165) is 0 Å². The lowest BCUT2D eigenvalue weighted by Gasteiger charge is -2.13. The molecule has 7 heteroatoms. The molecule has 0 amide bonds. The van der Waals surface area contributed by atoms with Gasteiger partial charge in [-0.05, 0) is 38.1 Å². The summed E-state index contributed by atoms with van der Waals surface area (Å²) >= 11 is 0. The van der Waals surface area contributed by atoms with Crippen LogP contribution in [0.25, 0.3) is 0 Å². The summed E-state index contributed by atoms with van der Waals surface area (Å²) in [5.74, 6) is 0.938. The minimum absolute atomic E-state index is 0.125. The molecule has 1 N–H and O–H groups in total. The Labute approximate surface area is 136 Å². The molecule has 0 saturated carbocycles. The van der Waals surface area contributed by atoms with Crippen LogP contribution < -0.4 is 14.2 Å². The van der Waals surface area contributed by atoms with Gasteiger partial charge in [0, 0.05) is 12.3 Å². The molecular formula is C16H20N2O4S. The van der Waals surface area contributed by atoms with Gasteiger partial charge in [0.2, 0.25) is 10.0 Å². The van der Waals surface area contributed by atoms with Gasteiger partial charge in [-0.15, -0.1) is 0 Å². The monoisotopic (exact) mass is 336 g/mol. The maximum atomic E-state index is 12.4. The van der Waals surface area contributed by atoms with E-state index in [9.17, 15) is 8.42 Å². The molecule has 0 unspecified atom stereocenters. The van der Waals surface area contributed by atoms with Gasteiger partial charge in [-0.2, -0.15) is 0 Å². The van der Waals surface area contributed by atoms with Crippen molar-refractivity contribution >= 4 is 10.0 Å². The largest absolute Gasteiger partial charge is 0.490 e. The van der Waals surface area contributed by atoms with Gasteiger partial charge in [0.15, 0.2) is 11.5 Å². The zero-order valence-corrected chi connectivity index (χ0v) is 14.0. The number of pyridine rings is 1. The molecule has 1 aromatic heterocycles. The Bertz CT molecular complexity index is 733. The highest BCUT2D eigenvalue weighted by molar-refractivity contribution is 7.89. The third kappa shape index (κ3) is 4.67. The van der Waals surface area contributed by atoms with Crippen LogP contribution in [0.1, 0.15) is 19.5 Å². The smallest absolute Gasteiger partial charge is 0.241 e. The second kappa shape index (κ2) is 7.94. The quantitative estimate of drug-likeness (QED) is 0.801. The normalized spacial score (nSPS) is 11.2. The Morgan fingerprint density at radius 3 is 2.43 bits per heavy atom. The molecule has 1 heterocycles. The summed E-state index contributed by atoms with van der Waals surface area (Å²) in [6.45, 7) is 4.71. The van der Waals surface area contributed by atoms with Crippen LogP contribution in [0.5, 0.6) is 11.5 Å². The van der Waals surface area contributed by atoms with Crippen LogP contribution >= 0.6 is 0 Å². The fourth-order valence-electron chi connectivity index (χ4n) is 1.95. The number of nitrogens with zero attached hydrogens (tertiary/aromatic N) is 1. The van der Waals surface area contributed by atoms with Crippen LogP contribution in [0.3, 0.4) is 0 Å². The number of aromatic nitrogens is 1. The highest BCUT2D eigenvalue weighted by Crippen LogP contribution is 2.30.